The highest BCUT2D eigenvalue weighted by atomic mass is 35.5. The minimum Gasteiger partial charge on any atom is -0.352 e. The number of anilines is 1. The molecule has 1 aromatic rings. The maximum Gasteiger partial charge on any atom is 0.229 e. The van der Waals surface area contributed by atoms with Gasteiger partial charge < -0.3 is 10.6 Å². The van der Waals surface area contributed by atoms with E-state index in [0.29, 0.717) is 24.6 Å². The van der Waals surface area contributed by atoms with E-state index in [4.69, 9.17) is 0 Å². The number of hydrogen-bond donors (Lipinski definition) is 3. The molecule has 0 spiro atoms. The number of rotatable bonds is 7. The van der Waals surface area contributed by atoms with Crippen molar-refractivity contribution in [1.82, 2.24) is 10.6 Å². The highest BCUT2D eigenvalue weighted by Crippen LogP contribution is 2.14. The number of benzene rings is 1. The Morgan fingerprint density at radius 3 is 2.57 bits per heavy atom. The van der Waals surface area contributed by atoms with Gasteiger partial charge in [-0.25, -0.2) is 8.42 Å². The van der Waals surface area contributed by atoms with Gasteiger partial charge >= 0.3 is 0 Å². The van der Waals surface area contributed by atoms with Crippen molar-refractivity contribution in [3.05, 3.63) is 29.8 Å². The predicted octanol–water partition coefficient (Wildman–Crippen LogP) is 1.49. The van der Waals surface area contributed by atoms with Gasteiger partial charge in [-0.3, -0.25) is 9.52 Å². The van der Waals surface area contributed by atoms with E-state index in [2.05, 4.69) is 15.4 Å². The van der Waals surface area contributed by atoms with Gasteiger partial charge in [0.2, 0.25) is 15.9 Å². The van der Waals surface area contributed by atoms with Crippen LogP contribution in [0.5, 0.6) is 0 Å². The van der Waals surface area contributed by atoms with Crippen molar-refractivity contribution in [2.24, 2.45) is 5.92 Å². The van der Waals surface area contributed by atoms with Gasteiger partial charge in [0.1, 0.15) is 0 Å². The van der Waals surface area contributed by atoms with Crippen LogP contribution in [0.3, 0.4) is 0 Å². The second-order valence-corrected chi connectivity index (χ2v) is 7.49. The zero-order chi connectivity index (χ0) is 16.0. The van der Waals surface area contributed by atoms with Crippen molar-refractivity contribution >= 4 is 34.0 Å². The molecule has 1 heterocycles. The van der Waals surface area contributed by atoms with Crippen LogP contribution in [0.25, 0.3) is 0 Å². The van der Waals surface area contributed by atoms with Crippen LogP contribution in [0.1, 0.15) is 24.8 Å². The van der Waals surface area contributed by atoms with Gasteiger partial charge in [-0.15, -0.1) is 12.4 Å². The van der Waals surface area contributed by atoms with Crippen molar-refractivity contribution in [2.75, 3.05) is 24.1 Å². The fraction of sp³-hybridized carbons (Fsp3) is 0.533. The molecule has 0 aromatic heterocycles. The first-order valence-corrected chi connectivity index (χ1v) is 9.36. The third-order valence-corrected chi connectivity index (χ3v) is 4.30. The minimum atomic E-state index is -3.26. The Hall–Kier alpha value is -1.31. The zero-order valence-corrected chi connectivity index (χ0v) is 14.8. The molecular formula is C15H24ClN3O3S. The van der Waals surface area contributed by atoms with Gasteiger partial charge in [0, 0.05) is 18.7 Å². The van der Waals surface area contributed by atoms with E-state index in [1.54, 1.807) is 24.3 Å². The standard InChI is InChI=1S/C15H23N3O3S.ClH/c1-22(20,21)18-14-5-2-12(3-6-14)11-17-15(19)7-4-13-8-9-16-10-13;/h2-3,5-6,13,16,18H,4,7-11H2,1H3,(H,17,19);1H. The van der Waals surface area contributed by atoms with Gasteiger partial charge in [-0.1, -0.05) is 12.1 Å². The quantitative estimate of drug-likeness (QED) is 0.686. The molecule has 6 nitrogen and oxygen atoms in total. The number of sulfonamides is 1. The second kappa shape index (κ2) is 9.10. The Kier molecular flexibility index (Phi) is 7.81. The topological polar surface area (TPSA) is 87.3 Å². The van der Waals surface area contributed by atoms with E-state index in [0.717, 1.165) is 37.8 Å². The van der Waals surface area contributed by atoms with E-state index in [9.17, 15) is 13.2 Å². The van der Waals surface area contributed by atoms with Crippen LogP contribution in [-0.4, -0.2) is 33.7 Å². The van der Waals surface area contributed by atoms with Gasteiger partial charge in [-0.2, -0.15) is 0 Å². The van der Waals surface area contributed by atoms with Crippen LogP contribution in [0.4, 0.5) is 5.69 Å². The summed E-state index contributed by atoms with van der Waals surface area (Å²) in [5.41, 5.74) is 1.46. The number of halogens is 1. The Labute approximate surface area is 143 Å². The predicted molar refractivity (Wildman–Crippen MR) is 94.2 cm³/mol. The number of carbonyl (C=O) groups is 1. The first-order chi connectivity index (χ1) is 10.4. The molecule has 1 saturated heterocycles. The molecule has 1 aromatic carbocycles. The lowest BCUT2D eigenvalue weighted by atomic mass is 10.0. The van der Waals surface area contributed by atoms with Crippen molar-refractivity contribution < 1.29 is 13.2 Å². The zero-order valence-electron chi connectivity index (χ0n) is 13.2. The van der Waals surface area contributed by atoms with E-state index >= 15 is 0 Å². The second-order valence-electron chi connectivity index (χ2n) is 5.75. The Bertz CT molecular complexity index is 599. The highest BCUT2D eigenvalue weighted by molar-refractivity contribution is 7.92. The number of amides is 1. The number of hydrogen-bond acceptors (Lipinski definition) is 4. The van der Waals surface area contributed by atoms with E-state index in [-0.39, 0.29) is 18.3 Å². The van der Waals surface area contributed by atoms with Gasteiger partial charge in [-0.05, 0) is 49.5 Å². The van der Waals surface area contributed by atoms with Crippen LogP contribution in [0.2, 0.25) is 0 Å². The van der Waals surface area contributed by atoms with E-state index < -0.39 is 10.0 Å². The Morgan fingerprint density at radius 1 is 1.30 bits per heavy atom. The van der Waals surface area contributed by atoms with Crippen molar-refractivity contribution in [1.29, 1.82) is 0 Å². The van der Waals surface area contributed by atoms with Crippen LogP contribution < -0.4 is 15.4 Å². The van der Waals surface area contributed by atoms with Crippen molar-refractivity contribution in [3.8, 4) is 0 Å². The average Bonchev–Trinajstić information content (AvgIpc) is 2.96. The normalized spacial score (nSPS) is 17.3. The summed E-state index contributed by atoms with van der Waals surface area (Å²) in [6, 6.07) is 6.98. The van der Waals surface area contributed by atoms with Crippen LogP contribution in [-0.2, 0) is 21.4 Å². The molecule has 0 radical (unpaired) electrons. The molecule has 1 amide bonds. The molecule has 130 valence electrons. The van der Waals surface area contributed by atoms with Crippen LogP contribution in [0.15, 0.2) is 24.3 Å². The summed E-state index contributed by atoms with van der Waals surface area (Å²) in [5.74, 6) is 0.678. The fourth-order valence-corrected chi connectivity index (χ4v) is 3.05. The minimum absolute atomic E-state index is 0. The molecular weight excluding hydrogens is 338 g/mol. The first kappa shape index (κ1) is 19.7. The average molecular weight is 362 g/mol. The molecule has 0 bridgehead atoms. The summed E-state index contributed by atoms with van der Waals surface area (Å²) >= 11 is 0. The lowest BCUT2D eigenvalue weighted by Crippen LogP contribution is -2.23. The lowest BCUT2D eigenvalue weighted by molar-refractivity contribution is -0.121. The maximum atomic E-state index is 11.8. The molecule has 3 N–H and O–H groups in total. The number of carbonyl (C=O) groups excluding carboxylic acids is 1. The Balaban J connectivity index is 0.00000264. The SMILES string of the molecule is CS(=O)(=O)Nc1ccc(CNC(=O)CCC2CCNC2)cc1.Cl. The first-order valence-electron chi connectivity index (χ1n) is 7.46. The molecule has 1 aliphatic heterocycles. The summed E-state index contributed by atoms with van der Waals surface area (Å²) in [7, 11) is -3.26. The molecule has 1 unspecified atom stereocenters. The molecule has 0 saturated carbocycles. The molecule has 23 heavy (non-hydrogen) atoms. The maximum absolute atomic E-state index is 11.8. The molecule has 1 atom stereocenters. The van der Waals surface area contributed by atoms with Crippen LogP contribution >= 0.6 is 12.4 Å². The van der Waals surface area contributed by atoms with Gasteiger partial charge in [0.05, 0.1) is 6.26 Å². The largest absolute Gasteiger partial charge is 0.352 e. The third kappa shape index (κ3) is 7.67. The number of nitrogens with one attached hydrogen (secondary N) is 3. The highest BCUT2D eigenvalue weighted by Gasteiger charge is 2.15. The third-order valence-electron chi connectivity index (χ3n) is 3.69. The summed E-state index contributed by atoms with van der Waals surface area (Å²) in [6.45, 7) is 2.53. The van der Waals surface area contributed by atoms with Crippen molar-refractivity contribution in [3.63, 3.8) is 0 Å². The molecule has 2 rings (SSSR count). The fourth-order valence-electron chi connectivity index (χ4n) is 2.49. The van der Waals surface area contributed by atoms with E-state index in [1.165, 1.54) is 0 Å². The van der Waals surface area contributed by atoms with Gasteiger partial charge in [0.25, 0.3) is 0 Å². The van der Waals surface area contributed by atoms with E-state index in [1.807, 2.05) is 0 Å². The summed E-state index contributed by atoms with van der Waals surface area (Å²) in [6.07, 6.45) is 3.75. The van der Waals surface area contributed by atoms with Crippen molar-refractivity contribution in [2.45, 2.75) is 25.8 Å². The smallest absolute Gasteiger partial charge is 0.229 e. The monoisotopic (exact) mass is 361 g/mol. The molecule has 1 aliphatic rings. The lowest BCUT2D eigenvalue weighted by Gasteiger charge is -2.09. The molecule has 0 aliphatic carbocycles. The molecule has 1 fully saturated rings. The van der Waals surface area contributed by atoms with Gasteiger partial charge in [0.15, 0.2) is 0 Å². The molecule has 8 heteroatoms. The van der Waals surface area contributed by atoms with Crippen LogP contribution in [0, 0.1) is 5.92 Å². The summed E-state index contributed by atoms with van der Waals surface area (Å²) in [4.78, 5) is 11.8. The summed E-state index contributed by atoms with van der Waals surface area (Å²) < 4.78 is 24.6. The Morgan fingerprint density at radius 2 is 2.00 bits per heavy atom. The summed E-state index contributed by atoms with van der Waals surface area (Å²) in [5, 5.41) is 6.19.